The first-order chi connectivity index (χ1) is 14.3. The van der Waals surface area contributed by atoms with E-state index < -0.39 is 35.3 Å². The van der Waals surface area contributed by atoms with Gasteiger partial charge in [0.2, 0.25) is 5.91 Å². The highest BCUT2D eigenvalue weighted by Gasteiger charge is 2.64. The maximum atomic E-state index is 13.0. The van der Waals surface area contributed by atoms with Gasteiger partial charge in [0.15, 0.2) is 11.2 Å². The van der Waals surface area contributed by atoms with E-state index in [0.717, 1.165) is 0 Å². The molecule has 2 aliphatic heterocycles. The van der Waals surface area contributed by atoms with Crippen LogP contribution in [0.2, 0.25) is 0 Å². The molecule has 4 atom stereocenters. The number of hydrogen-bond donors (Lipinski definition) is 1. The molecular weight excluding hydrogens is 386 g/mol. The van der Waals surface area contributed by atoms with Crippen molar-refractivity contribution in [2.24, 2.45) is 11.1 Å². The van der Waals surface area contributed by atoms with E-state index >= 15 is 0 Å². The van der Waals surface area contributed by atoms with Crippen LogP contribution in [-0.2, 0) is 19.1 Å². The number of Topliss-reactive ketones (excluding diaryl/α,β-unsaturated/α-hetero) is 1. The molecule has 0 spiro atoms. The smallest absolute Gasteiger partial charge is 0.329 e. The molecule has 1 fully saturated rings. The van der Waals surface area contributed by atoms with Gasteiger partial charge in [-0.05, 0) is 24.6 Å². The molecule has 1 saturated heterocycles. The summed E-state index contributed by atoms with van der Waals surface area (Å²) in [4.78, 5) is 38.6. The van der Waals surface area contributed by atoms with Crippen LogP contribution >= 0.6 is 0 Å². The lowest BCUT2D eigenvalue weighted by Gasteiger charge is -2.32. The van der Waals surface area contributed by atoms with Crippen LogP contribution in [0.1, 0.15) is 24.8 Å². The highest BCUT2D eigenvalue weighted by molar-refractivity contribution is 5.96. The van der Waals surface area contributed by atoms with E-state index in [0.29, 0.717) is 16.9 Å². The van der Waals surface area contributed by atoms with Gasteiger partial charge in [0.25, 0.3) is 0 Å². The number of fused-ring (bicyclic) bond motifs is 1. The summed E-state index contributed by atoms with van der Waals surface area (Å²) in [5.74, 6) is -1.58. The standard InChI is InChI=1S/C22H23N3O5/c1-13(26)15-6-9-18-22(12-23,21(28)30-3)20(14-4-7-16(29-2)8-5-14)17(10-19(24)27)25(18)11-15/h4-9,11,17-18,20H,10H2,1-3H3,(H2,24,27)/t17-,18-,20-,22-/m0/s1. The van der Waals surface area contributed by atoms with E-state index in [2.05, 4.69) is 6.07 Å². The number of carbonyl (C=O) groups is 3. The van der Waals surface area contributed by atoms with Crippen LogP contribution in [0.25, 0.3) is 0 Å². The van der Waals surface area contributed by atoms with Crippen LogP contribution in [0.4, 0.5) is 0 Å². The highest BCUT2D eigenvalue weighted by atomic mass is 16.5. The molecule has 0 aromatic heterocycles. The summed E-state index contributed by atoms with van der Waals surface area (Å²) in [6.45, 7) is 1.43. The molecule has 2 heterocycles. The lowest BCUT2D eigenvalue weighted by molar-refractivity contribution is -0.150. The predicted molar refractivity (Wildman–Crippen MR) is 107 cm³/mol. The number of nitrogens with zero attached hydrogens (tertiary/aromatic N) is 2. The van der Waals surface area contributed by atoms with Crippen LogP contribution in [0.5, 0.6) is 5.75 Å². The number of hydrogen-bond acceptors (Lipinski definition) is 7. The van der Waals surface area contributed by atoms with Gasteiger partial charge in [-0.25, -0.2) is 0 Å². The maximum Gasteiger partial charge on any atom is 0.329 e. The largest absolute Gasteiger partial charge is 0.497 e. The molecule has 1 aromatic carbocycles. The van der Waals surface area contributed by atoms with Crippen LogP contribution in [-0.4, -0.2) is 48.9 Å². The molecule has 2 aliphatic rings. The van der Waals surface area contributed by atoms with E-state index in [1.165, 1.54) is 21.1 Å². The number of benzene rings is 1. The summed E-state index contributed by atoms with van der Waals surface area (Å²) in [5, 5.41) is 10.3. The maximum absolute atomic E-state index is 13.0. The number of rotatable bonds is 6. The Kier molecular flexibility index (Phi) is 5.65. The van der Waals surface area contributed by atoms with E-state index in [9.17, 15) is 19.6 Å². The molecule has 8 heteroatoms. The van der Waals surface area contributed by atoms with Crippen LogP contribution in [0.3, 0.4) is 0 Å². The second-order valence-electron chi connectivity index (χ2n) is 7.35. The molecule has 0 saturated carbocycles. The van der Waals surface area contributed by atoms with Crippen molar-refractivity contribution in [3.05, 3.63) is 53.8 Å². The Balaban J connectivity index is 2.25. The Hall–Kier alpha value is -3.60. The molecular formula is C22H23N3O5. The number of allylic oxidation sites excluding steroid dienone is 2. The number of esters is 1. The second kappa shape index (κ2) is 8.03. The van der Waals surface area contributed by atoms with Crippen LogP contribution in [0, 0.1) is 16.7 Å². The third kappa shape index (κ3) is 3.22. The van der Waals surface area contributed by atoms with E-state index in [4.69, 9.17) is 15.2 Å². The molecule has 156 valence electrons. The van der Waals surface area contributed by atoms with Gasteiger partial charge >= 0.3 is 5.97 Å². The van der Waals surface area contributed by atoms with E-state index in [1.807, 2.05) is 0 Å². The van der Waals surface area contributed by atoms with E-state index in [-0.39, 0.29) is 12.2 Å². The van der Waals surface area contributed by atoms with Crippen molar-refractivity contribution in [2.75, 3.05) is 14.2 Å². The minimum absolute atomic E-state index is 0.108. The monoisotopic (exact) mass is 409 g/mol. The van der Waals surface area contributed by atoms with Gasteiger partial charge in [0.1, 0.15) is 5.75 Å². The normalized spacial score (nSPS) is 26.9. The molecule has 1 aromatic rings. The van der Waals surface area contributed by atoms with Crippen molar-refractivity contribution in [3.63, 3.8) is 0 Å². The molecule has 30 heavy (non-hydrogen) atoms. The molecule has 0 bridgehead atoms. The van der Waals surface area contributed by atoms with Gasteiger partial charge in [0.05, 0.1) is 26.3 Å². The Bertz CT molecular complexity index is 975. The number of nitrogens with two attached hydrogens (primary N) is 1. The zero-order valence-electron chi connectivity index (χ0n) is 17.0. The summed E-state index contributed by atoms with van der Waals surface area (Å²) < 4.78 is 10.3. The fourth-order valence-corrected chi connectivity index (χ4v) is 4.46. The fourth-order valence-electron chi connectivity index (χ4n) is 4.46. The minimum atomic E-state index is -1.64. The number of amides is 1. The van der Waals surface area contributed by atoms with Crippen molar-refractivity contribution in [1.82, 2.24) is 4.90 Å². The SMILES string of the molecule is COC(=O)[C@@]1(C#N)[C@@H]2C=CC(C(C)=O)=CN2[C@@H](CC(N)=O)[C@@H]1c1ccc(OC)cc1. The lowest BCUT2D eigenvalue weighted by atomic mass is 9.68. The number of carbonyl (C=O) groups excluding carboxylic acids is 3. The quantitative estimate of drug-likeness (QED) is 0.705. The molecule has 2 N–H and O–H groups in total. The second-order valence-corrected chi connectivity index (χ2v) is 7.35. The average molecular weight is 409 g/mol. The first-order valence-corrected chi connectivity index (χ1v) is 9.40. The van der Waals surface area contributed by atoms with Crippen molar-refractivity contribution in [1.29, 1.82) is 5.26 Å². The lowest BCUT2D eigenvalue weighted by Crippen LogP contribution is -2.45. The first-order valence-electron chi connectivity index (χ1n) is 9.40. The predicted octanol–water partition coefficient (Wildman–Crippen LogP) is 1.43. The van der Waals surface area contributed by atoms with Gasteiger partial charge in [-0.1, -0.05) is 24.3 Å². The topological polar surface area (TPSA) is 123 Å². The summed E-state index contributed by atoms with van der Waals surface area (Å²) in [7, 11) is 2.76. The molecule has 0 unspecified atom stereocenters. The molecule has 1 amide bonds. The van der Waals surface area contributed by atoms with Gasteiger partial charge in [-0.3, -0.25) is 14.4 Å². The minimum Gasteiger partial charge on any atom is -0.497 e. The summed E-state index contributed by atoms with van der Waals surface area (Å²) >= 11 is 0. The Morgan fingerprint density at radius 2 is 1.90 bits per heavy atom. The number of ether oxygens (including phenoxy) is 2. The van der Waals surface area contributed by atoms with Crippen LogP contribution in [0.15, 0.2) is 48.2 Å². The Labute approximate surface area is 174 Å². The number of methoxy groups -OCH3 is 2. The van der Waals surface area contributed by atoms with Gasteiger partial charge in [-0.2, -0.15) is 5.26 Å². The van der Waals surface area contributed by atoms with Gasteiger partial charge in [0, 0.05) is 30.2 Å². The molecule has 8 nitrogen and oxygen atoms in total. The van der Waals surface area contributed by atoms with Gasteiger partial charge < -0.3 is 20.1 Å². The highest BCUT2D eigenvalue weighted by Crippen LogP contribution is 2.54. The number of ketones is 1. The average Bonchev–Trinajstić information content (AvgIpc) is 3.02. The third-order valence-corrected chi connectivity index (χ3v) is 5.79. The molecule has 0 radical (unpaired) electrons. The van der Waals surface area contributed by atoms with E-state index in [1.54, 1.807) is 47.5 Å². The number of nitriles is 1. The molecule has 0 aliphatic carbocycles. The van der Waals surface area contributed by atoms with Crippen LogP contribution < -0.4 is 10.5 Å². The van der Waals surface area contributed by atoms with Crippen molar-refractivity contribution in [2.45, 2.75) is 31.3 Å². The van der Waals surface area contributed by atoms with Crippen molar-refractivity contribution < 1.29 is 23.9 Å². The molecule has 3 rings (SSSR count). The zero-order chi connectivity index (χ0) is 22.1. The van der Waals surface area contributed by atoms with Crippen molar-refractivity contribution in [3.8, 4) is 11.8 Å². The summed E-state index contributed by atoms with van der Waals surface area (Å²) in [6.07, 6.45) is 4.73. The Morgan fingerprint density at radius 1 is 1.23 bits per heavy atom. The van der Waals surface area contributed by atoms with Gasteiger partial charge in [-0.15, -0.1) is 0 Å². The third-order valence-electron chi connectivity index (χ3n) is 5.79. The number of primary amides is 1. The summed E-state index contributed by atoms with van der Waals surface area (Å²) in [6, 6.07) is 7.79. The Morgan fingerprint density at radius 3 is 2.40 bits per heavy atom. The van der Waals surface area contributed by atoms with Crippen molar-refractivity contribution >= 4 is 17.7 Å². The zero-order valence-corrected chi connectivity index (χ0v) is 17.0. The fraction of sp³-hybridized carbons (Fsp3) is 0.364. The first kappa shape index (κ1) is 21.1. The summed E-state index contributed by atoms with van der Waals surface area (Å²) in [5.41, 5.74) is 4.95.